The van der Waals surface area contributed by atoms with Crippen LogP contribution < -0.4 is 16.1 Å². The van der Waals surface area contributed by atoms with Gasteiger partial charge in [0.1, 0.15) is 17.4 Å². The third-order valence-electron chi connectivity index (χ3n) is 5.42. The molecule has 0 spiro atoms. The van der Waals surface area contributed by atoms with Crippen molar-refractivity contribution in [1.82, 2.24) is 4.90 Å². The molecule has 0 atom stereocenters. The molecule has 188 valence electrons. The SMILES string of the molecule is CN(C)CCCCNc1c(F)cc(F)c2oc(-c3ccc(NC(=O)C(C)(C)C)c(F)c3)cc(=O)c12. The Morgan fingerprint density at radius 3 is 2.34 bits per heavy atom. The zero-order valence-electron chi connectivity index (χ0n) is 20.5. The van der Waals surface area contributed by atoms with Gasteiger partial charge in [0.05, 0.1) is 16.8 Å². The minimum absolute atomic E-state index is 0.0363. The average molecular weight is 490 g/mol. The number of carbonyl (C=O) groups is 1. The molecule has 3 rings (SSSR count). The van der Waals surface area contributed by atoms with Crippen molar-refractivity contribution in [2.24, 2.45) is 5.41 Å². The van der Waals surface area contributed by atoms with Gasteiger partial charge >= 0.3 is 0 Å². The van der Waals surface area contributed by atoms with Crippen LogP contribution in [0.5, 0.6) is 0 Å². The second-order valence-electron chi connectivity index (χ2n) is 9.73. The quantitative estimate of drug-likeness (QED) is 0.402. The highest BCUT2D eigenvalue weighted by Crippen LogP contribution is 2.31. The minimum atomic E-state index is -1.04. The van der Waals surface area contributed by atoms with E-state index >= 15 is 0 Å². The summed E-state index contributed by atoms with van der Waals surface area (Å²) in [6.45, 7) is 6.34. The van der Waals surface area contributed by atoms with Crippen LogP contribution in [0.4, 0.5) is 24.5 Å². The summed E-state index contributed by atoms with van der Waals surface area (Å²) in [5.41, 5.74) is -1.81. The molecule has 9 heteroatoms. The summed E-state index contributed by atoms with van der Waals surface area (Å²) < 4.78 is 49.4. The summed E-state index contributed by atoms with van der Waals surface area (Å²) >= 11 is 0. The number of halogens is 3. The highest BCUT2D eigenvalue weighted by Gasteiger charge is 2.23. The van der Waals surface area contributed by atoms with E-state index in [9.17, 15) is 22.8 Å². The number of anilines is 2. The van der Waals surface area contributed by atoms with Gasteiger partial charge in [-0.25, -0.2) is 13.2 Å². The molecular weight excluding hydrogens is 459 g/mol. The maximum atomic E-state index is 14.7. The van der Waals surface area contributed by atoms with Crippen LogP contribution >= 0.6 is 0 Å². The zero-order valence-corrected chi connectivity index (χ0v) is 20.5. The van der Waals surface area contributed by atoms with Gasteiger partial charge in [0.2, 0.25) is 5.91 Å². The maximum Gasteiger partial charge on any atom is 0.229 e. The highest BCUT2D eigenvalue weighted by atomic mass is 19.1. The van der Waals surface area contributed by atoms with E-state index in [1.807, 2.05) is 19.0 Å². The second-order valence-corrected chi connectivity index (χ2v) is 9.73. The van der Waals surface area contributed by atoms with Crippen molar-refractivity contribution in [2.75, 3.05) is 37.8 Å². The molecule has 0 aliphatic heterocycles. The third-order valence-corrected chi connectivity index (χ3v) is 5.42. The molecular formula is C26H30F3N3O3. The van der Waals surface area contributed by atoms with Crippen LogP contribution in [0.3, 0.4) is 0 Å². The standard InChI is InChI=1S/C26H30F3N3O3/c1-26(2,3)25(34)31-19-9-8-15(12-16(19)27)21-14-20(33)22-23(30-10-6-7-11-32(4)5)17(28)13-18(29)24(22)35-21/h8-9,12-14,30H,6-7,10-11H2,1-5H3,(H,31,34). The number of unbranched alkanes of at least 4 members (excludes halogenated alkanes) is 1. The number of benzene rings is 2. The number of nitrogens with zero attached hydrogens (tertiary/aromatic N) is 1. The molecule has 0 unspecified atom stereocenters. The fourth-order valence-electron chi connectivity index (χ4n) is 3.43. The molecule has 1 aromatic heterocycles. The van der Waals surface area contributed by atoms with E-state index in [-0.39, 0.29) is 34.0 Å². The van der Waals surface area contributed by atoms with Crippen LogP contribution in [0.1, 0.15) is 33.6 Å². The highest BCUT2D eigenvalue weighted by molar-refractivity contribution is 5.95. The van der Waals surface area contributed by atoms with Crippen LogP contribution in [0.15, 0.2) is 39.5 Å². The molecule has 2 aromatic carbocycles. The lowest BCUT2D eigenvalue weighted by atomic mass is 9.95. The number of hydrogen-bond acceptors (Lipinski definition) is 5. The van der Waals surface area contributed by atoms with Crippen LogP contribution in [0, 0.1) is 22.9 Å². The number of carbonyl (C=O) groups excluding carboxylic acids is 1. The Kier molecular flexibility index (Phi) is 7.90. The first-order chi connectivity index (χ1) is 16.4. The molecule has 0 bridgehead atoms. The van der Waals surface area contributed by atoms with Gasteiger partial charge < -0.3 is 20.0 Å². The van der Waals surface area contributed by atoms with Crippen LogP contribution in [-0.4, -0.2) is 38.0 Å². The third kappa shape index (κ3) is 6.22. The fraction of sp³-hybridized carbons (Fsp3) is 0.385. The molecule has 35 heavy (non-hydrogen) atoms. The van der Waals surface area contributed by atoms with Gasteiger partial charge in [0.25, 0.3) is 0 Å². The molecule has 0 saturated heterocycles. The van der Waals surface area contributed by atoms with Crippen molar-refractivity contribution in [3.8, 4) is 11.3 Å². The van der Waals surface area contributed by atoms with E-state index in [1.165, 1.54) is 12.1 Å². The van der Waals surface area contributed by atoms with E-state index in [2.05, 4.69) is 10.6 Å². The van der Waals surface area contributed by atoms with E-state index in [0.717, 1.165) is 31.5 Å². The van der Waals surface area contributed by atoms with Gasteiger partial charge in [-0.05, 0) is 51.7 Å². The van der Waals surface area contributed by atoms with Gasteiger partial charge in [-0.15, -0.1) is 0 Å². The largest absolute Gasteiger partial charge is 0.453 e. The monoisotopic (exact) mass is 489 g/mol. The summed E-state index contributed by atoms with van der Waals surface area (Å²) in [5, 5.41) is 5.15. The molecule has 6 nitrogen and oxygen atoms in total. The van der Waals surface area contributed by atoms with Gasteiger partial charge in [-0.1, -0.05) is 20.8 Å². The van der Waals surface area contributed by atoms with E-state index < -0.39 is 33.9 Å². The topological polar surface area (TPSA) is 74.6 Å². The molecule has 0 fully saturated rings. The molecule has 1 heterocycles. The van der Waals surface area contributed by atoms with Crippen molar-refractivity contribution < 1.29 is 22.4 Å². The molecule has 0 saturated carbocycles. The predicted molar refractivity (Wildman–Crippen MR) is 132 cm³/mol. The Morgan fingerprint density at radius 2 is 1.71 bits per heavy atom. The van der Waals surface area contributed by atoms with Crippen molar-refractivity contribution in [3.63, 3.8) is 0 Å². The normalized spacial score (nSPS) is 11.8. The minimum Gasteiger partial charge on any atom is -0.453 e. The Hall–Kier alpha value is -3.33. The fourth-order valence-corrected chi connectivity index (χ4v) is 3.43. The van der Waals surface area contributed by atoms with E-state index in [1.54, 1.807) is 20.8 Å². The van der Waals surface area contributed by atoms with Crippen LogP contribution in [0.2, 0.25) is 0 Å². The lowest BCUT2D eigenvalue weighted by molar-refractivity contribution is -0.123. The molecule has 0 radical (unpaired) electrons. The van der Waals surface area contributed by atoms with Gasteiger partial charge in [-0.2, -0.15) is 0 Å². The maximum absolute atomic E-state index is 14.7. The van der Waals surface area contributed by atoms with Crippen LogP contribution in [0.25, 0.3) is 22.3 Å². The number of rotatable bonds is 8. The number of nitrogens with one attached hydrogen (secondary N) is 2. The number of fused-ring (bicyclic) bond motifs is 1. The summed E-state index contributed by atoms with van der Waals surface area (Å²) in [7, 11) is 3.90. The second kappa shape index (κ2) is 10.5. The summed E-state index contributed by atoms with van der Waals surface area (Å²) in [6, 6.07) is 5.58. The smallest absolute Gasteiger partial charge is 0.229 e. The summed E-state index contributed by atoms with van der Waals surface area (Å²) in [6.07, 6.45) is 1.58. The Bertz CT molecular complexity index is 1300. The average Bonchev–Trinajstić information content (AvgIpc) is 2.76. The Morgan fingerprint density at radius 1 is 1.00 bits per heavy atom. The Balaban J connectivity index is 1.94. The van der Waals surface area contributed by atoms with E-state index in [0.29, 0.717) is 12.6 Å². The first-order valence-corrected chi connectivity index (χ1v) is 11.3. The van der Waals surface area contributed by atoms with Crippen molar-refractivity contribution in [3.05, 3.63) is 58.0 Å². The first kappa shape index (κ1) is 26.3. The summed E-state index contributed by atoms with van der Waals surface area (Å²) in [4.78, 5) is 27.1. The van der Waals surface area contributed by atoms with Gasteiger partial charge in [0.15, 0.2) is 16.8 Å². The molecule has 2 N–H and O–H groups in total. The molecule has 0 aliphatic carbocycles. The van der Waals surface area contributed by atoms with Crippen molar-refractivity contribution >= 4 is 28.3 Å². The van der Waals surface area contributed by atoms with E-state index in [4.69, 9.17) is 4.42 Å². The summed E-state index contributed by atoms with van der Waals surface area (Å²) in [5.74, 6) is -3.14. The lowest BCUT2D eigenvalue weighted by Crippen LogP contribution is -2.28. The number of hydrogen-bond donors (Lipinski definition) is 2. The molecule has 3 aromatic rings. The van der Waals surface area contributed by atoms with Crippen LogP contribution in [-0.2, 0) is 4.79 Å². The lowest BCUT2D eigenvalue weighted by Gasteiger charge is -2.18. The molecule has 1 amide bonds. The first-order valence-electron chi connectivity index (χ1n) is 11.3. The predicted octanol–water partition coefficient (Wildman–Crippen LogP) is 5.62. The van der Waals surface area contributed by atoms with Crippen molar-refractivity contribution in [2.45, 2.75) is 33.6 Å². The van der Waals surface area contributed by atoms with Gasteiger partial charge in [-0.3, -0.25) is 9.59 Å². The van der Waals surface area contributed by atoms with Crippen molar-refractivity contribution in [1.29, 1.82) is 0 Å². The molecule has 0 aliphatic rings. The zero-order chi connectivity index (χ0) is 25.9. The van der Waals surface area contributed by atoms with Gasteiger partial charge in [0, 0.05) is 29.7 Å². The number of amides is 1. The Labute approximate surface area is 202 Å².